The molecule has 0 saturated carbocycles. The van der Waals surface area contributed by atoms with Crippen LogP contribution < -0.4 is 10.6 Å². The van der Waals surface area contributed by atoms with E-state index < -0.39 is 0 Å². The van der Waals surface area contributed by atoms with E-state index in [-0.39, 0.29) is 0 Å². The summed E-state index contributed by atoms with van der Waals surface area (Å²) in [6.45, 7) is 8.09. The van der Waals surface area contributed by atoms with E-state index in [4.69, 9.17) is 0 Å². The molecule has 0 radical (unpaired) electrons. The Hall–Kier alpha value is -1.02. The fraction of sp³-hybridized carbons (Fsp3) is 0.600. The van der Waals surface area contributed by atoms with Gasteiger partial charge in [-0.3, -0.25) is 0 Å². The van der Waals surface area contributed by atoms with Crippen molar-refractivity contribution in [3.63, 3.8) is 0 Å². The topological polar surface area (TPSA) is 24.1 Å². The molecule has 1 aromatic rings. The quantitative estimate of drug-likeness (QED) is 0.715. The zero-order valence-electron chi connectivity index (χ0n) is 10.9. The highest BCUT2D eigenvalue weighted by Crippen LogP contribution is 2.38. The van der Waals surface area contributed by atoms with Gasteiger partial charge in [-0.2, -0.15) is 0 Å². The molecule has 0 aromatic heterocycles. The fourth-order valence-electron chi connectivity index (χ4n) is 3.08. The third-order valence-electron chi connectivity index (χ3n) is 4.28. The summed E-state index contributed by atoms with van der Waals surface area (Å²) in [5.74, 6) is 0. The second kappa shape index (κ2) is 4.02. The van der Waals surface area contributed by atoms with Gasteiger partial charge in [0.05, 0.1) is 0 Å². The van der Waals surface area contributed by atoms with Crippen molar-refractivity contribution in [3.8, 4) is 0 Å². The molecule has 0 fully saturated rings. The molecule has 0 bridgehead atoms. The molecule has 0 amide bonds. The first kappa shape index (κ1) is 11.1. The summed E-state index contributed by atoms with van der Waals surface area (Å²) in [5.41, 5.74) is 6.32. The molecule has 0 spiro atoms. The lowest BCUT2D eigenvalue weighted by Gasteiger charge is -2.34. The molecule has 2 nitrogen and oxygen atoms in total. The molecule has 1 aromatic carbocycles. The summed E-state index contributed by atoms with van der Waals surface area (Å²) in [5, 5.41) is 7.05. The molecule has 0 unspecified atom stereocenters. The first-order valence-electron chi connectivity index (χ1n) is 6.78. The smallest absolute Gasteiger partial charge is 0.0381 e. The monoisotopic (exact) mass is 230 g/mol. The summed E-state index contributed by atoms with van der Waals surface area (Å²) in [6.07, 6.45) is 3.58. The largest absolute Gasteiger partial charge is 0.385 e. The Bertz CT molecular complexity index is 435. The van der Waals surface area contributed by atoms with E-state index in [2.05, 4.69) is 36.6 Å². The second-order valence-corrected chi connectivity index (χ2v) is 5.98. The number of benzene rings is 1. The standard InChI is InChI=1S/C15H22N2/c1-15(2)5-8-17-14-10-12-4-7-16-6-3-11(12)9-13(14)15/h9-10,16-17H,3-8H2,1-2H3. The maximum absolute atomic E-state index is 3.57. The van der Waals surface area contributed by atoms with Gasteiger partial charge in [0.15, 0.2) is 0 Å². The van der Waals surface area contributed by atoms with Crippen LogP contribution in [0.5, 0.6) is 0 Å². The normalized spacial score (nSPS) is 22.0. The van der Waals surface area contributed by atoms with E-state index in [1.54, 1.807) is 11.1 Å². The molecule has 2 heterocycles. The fourth-order valence-corrected chi connectivity index (χ4v) is 3.08. The highest BCUT2D eigenvalue weighted by Gasteiger charge is 2.28. The van der Waals surface area contributed by atoms with Crippen molar-refractivity contribution >= 4 is 5.69 Å². The van der Waals surface area contributed by atoms with Gasteiger partial charge in [0.25, 0.3) is 0 Å². The van der Waals surface area contributed by atoms with Gasteiger partial charge in [-0.25, -0.2) is 0 Å². The Labute approximate surface area is 104 Å². The summed E-state index contributed by atoms with van der Waals surface area (Å²) < 4.78 is 0. The molecule has 2 aliphatic rings. The number of anilines is 1. The van der Waals surface area contributed by atoms with E-state index in [0.717, 1.165) is 19.6 Å². The van der Waals surface area contributed by atoms with Crippen LogP contribution in [0.2, 0.25) is 0 Å². The maximum Gasteiger partial charge on any atom is 0.0381 e. The van der Waals surface area contributed by atoms with Crippen LogP contribution in [0.3, 0.4) is 0 Å². The van der Waals surface area contributed by atoms with Gasteiger partial charge in [-0.1, -0.05) is 19.9 Å². The van der Waals surface area contributed by atoms with Gasteiger partial charge >= 0.3 is 0 Å². The zero-order chi connectivity index (χ0) is 11.9. The van der Waals surface area contributed by atoms with E-state index in [9.17, 15) is 0 Å². The van der Waals surface area contributed by atoms with Gasteiger partial charge in [0, 0.05) is 12.2 Å². The van der Waals surface area contributed by atoms with Crippen LogP contribution >= 0.6 is 0 Å². The van der Waals surface area contributed by atoms with Gasteiger partial charge in [-0.05, 0) is 60.5 Å². The Morgan fingerprint density at radius 1 is 1.00 bits per heavy atom. The molecule has 17 heavy (non-hydrogen) atoms. The molecule has 2 aliphatic heterocycles. The Morgan fingerprint density at radius 3 is 2.47 bits per heavy atom. The highest BCUT2D eigenvalue weighted by molar-refractivity contribution is 5.60. The van der Waals surface area contributed by atoms with E-state index in [1.807, 2.05) is 0 Å². The molecule has 0 aliphatic carbocycles. The maximum atomic E-state index is 3.57. The van der Waals surface area contributed by atoms with E-state index in [0.29, 0.717) is 5.41 Å². The number of rotatable bonds is 0. The average molecular weight is 230 g/mol. The first-order chi connectivity index (χ1) is 8.17. The Kier molecular flexibility index (Phi) is 2.62. The lowest BCUT2D eigenvalue weighted by atomic mass is 9.77. The predicted molar refractivity (Wildman–Crippen MR) is 72.9 cm³/mol. The van der Waals surface area contributed by atoms with Crippen LogP contribution in [0.25, 0.3) is 0 Å². The van der Waals surface area contributed by atoms with Crippen LogP contribution in [0.4, 0.5) is 5.69 Å². The minimum Gasteiger partial charge on any atom is -0.385 e. The van der Waals surface area contributed by atoms with Crippen molar-refractivity contribution in [1.82, 2.24) is 5.32 Å². The van der Waals surface area contributed by atoms with Crippen LogP contribution in [0.15, 0.2) is 12.1 Å². The van der Waals surface area contributed by atoms with E-state index >= 15 is 0 Å². The first-order valence-corrected chi connectivity index (χ1v) is 6.78. The van der Waals surface area contributed by atoms with Crippen LogP contribution in [0.1, 0.15) is 37.0 Å². The van der Waals surface area contributed by atoms with Gasteiger partial charge in [0.1, 0.15) is 0 Å². The zero-order valence-corrected chi connectivity index (χ0v) is 10.9. The van der Waals surface area contributed by atoms with Crippen molar-refractivity contribution in [2.24, 2.45) is 0 Å². The molecular weight excluding hydrogens is 208 g/mol. The average Bonchev–Trinajstić information content (AvgIpc) is 2.51. The molecule has 92 valence electrons. The molecule has 2 heteroatoms. The predicted octanol–water partition coefficient (Wildman–Crippen LogP) is 2.47. The van der Waals surface area contributed by atoms with Crippen LogP contribution in [-0.4, -0.2) is 19.6 Å². The SMILES string of the molecule is CC1(C)CCNc2cc3c(cc21)CCNCC3. The van der Waals surface area contributed by atoms with Crippen molar-refractivity contribution in [1.29, 1.82) is 0 Å². The summed E-state index contributed by atoms with van der Waals surface area (Å²) >= 11 is 0. The van der Waals surface area contributed by atoms with Gasteiger partial charge < -0.3 is 10.6 Å². The Morgan fingerprint density at radius 2 is 1.71 bits per heavy atom. The molecule has 3 rings (SSSR count). The molecule has 0 atom stereocenters. The molecular formula is C15H22N2. The number of nitrogens with one attached hydrogen (secondary N) is 2. The molecule has 2 N–H and O–H groups in total. The summed E-state index contributed by atoms with van der Waals surface area (Å²) in [7, 11) is 0. The minimum atomic E-state index is 0.329. The minimum absolute atomic E-state index is 0.329. The van der Waals surface area contributed by atoms with Crippen molar-refractivity contribution in [2.45, 2.75) is 38.5 Å². The summed E-state index contributed by atoms with van der Waals surface area (Å²) in [6, 6.07) is 4.86. The lowest BCUT2D eigenvalue weighted by Crippen LogP contribution is -2.28. The lowest BCUT2D eigenvalue weighted by molar-refractivity contribution is 0.481. The second-order valence-electron chi connectivity index (χ2n) is 5.98. The van der Waals surface area contributed by atoms with Crippen molar-refractivity contribution in [2.75, 3.05) is 25.0 Å². The highest BCUT2D eigenvalue weighted by atomic mass is 14.9. The number of fused-ring (bicyclic) bond motifs is 2. The van der Waals surface area contributed by atoms with Crippen molar-refractivity contribution < 1.29 is 0 Å². The van der Waals surface area contributed by atoms with Crippen LogP contribution in [0, 0.1) is 0 Å². The third kappa shape index (κ3) is 1.95. The number of hydrogen-bond acceptors (Lipinski definition) is 2. The summed E-state index contributed by atoms with van der Waals surface area (Å²) in [4.78, 5) is 0. The van der Waals surface area contributed by atoms with Gasteiger partial charge in [-0.15, -0.1) is 0 Å². The molecule has 0 saturated heterocycles. The number of hydrogen-bond donors (Lipinski definition) is 2. The van der Waals surface area contributed by atoms with Gasteiger partial charge in [0.2, 0.25) is 0 Å². The van der Waals surface area contributed by atoms with Crippen LogP contribution in [-0.2, 0) is 18.3 Å². The Balaban J connectivity index is 2.09. The van der Waals surface area contributed by atoms with E-state index in [1.165, 1.54) is 30.5 Å². The third-order valence-corrected chi connectivity index (χ3v) is 4.28. The van der Waals surface area contributed by atoms with Crippen molar-refractivity contribution in [3.05, 3.63) is 28.8 Å².